The third-order valence-corrected chi connectivity index (χ3v) is 16.1. The number of ether oxygens (including phenoxy) is 8. The molecule has 2 unspecified atom stereocenters. The van der Waals surface area contributed by atoms with Crippen LogP contribution in [-0.2, 0) is 65.5 Å². The number of hydrogen-bond donors (Lipinski definition) is 6. The molecular weight excluding hydrogens is 1240 g/mol. The number of unbranched alkanes of at least 4 members (excludes halogenated alkanes) is 1. The quantitative estimate of drug-likeness (QED) is 0.0210. The summed E-state index contributed by atoms with van der Waals surface area (Å²) in [6.07, 6.45) is 6.56. The van der Waals surface area contributed by atoms with Gasteiger partial charge in [-0.2, -0.15) is 5.26 Å². The monoisotopic (exact) mass is 1320 g/mol. The predicted octanol–water partition coefficient (Wildman–Crippen LogP) is 5.43. The fourth-order valence-corrected chi connectivity index (χ4v) is 10.9. The molecule has 1 aliphatic rings. The van der Waals surface area contributed by atoms with Crippen molar-refractivity contribution >= 4 is 73.8 Å². The van der Waals surface area contributed by atoms with Crippen LogP contribution in [0.4, 0.5) is 19.3 Å². The normalized spacial score (nSPS) is 14.0. The second-order valence-corrected chi connectivity index (χ2v) is 23.3. The number of fused-ring (bicyclic) bond motifs is 1. The summed E-state index contributed by atoms with van der Waals surface area (Å²) < 4.78 is 71.7. The second-order valence-electron chi connectivity index (χ2n) is 20.7. The summed E-state index contributed by atoms with van der Waals surface area (Å²) in [5, 5.41) is 23.5. The second kappa shape index (κ2) is 40.2. The maximum Gasteiger partial charge on any atom is 0.407 e. The van der Waals surface area contributed by atoms with Gasteiger partial charge in [0, 0.05) is 97.3 Å². The van der Waals surface area contributed by atoms with Crippen LogP contribution in [-0.4, -0.2) is 202 Å². The minimum Gasteiger partial charge on any atom is -0.480 e. The number of carbonyl (C=O) groups is 6. The number of nitrogen functional groups attached to an aromatic ring is 1. The van der Waals surface area contributed by atoms with Gasteiger partial charge in [0.1, 0.15) is 24.7 Å². The van der Waals surface area contributed by atoms with E-state index in [0.717, 1.165) is 57.5 Å². The van der Waals surface area contributed by atoms with Crippen molar-refractivity contribution in [3.63, 3.8) is 0 Å². The maximum absolute atomic E-state index is 14.0. The lowest BCUT2D eigenvalue weighted by Crippen LogP contribution is -2.49. The average molecular weight is 1320 g/mol. The largest absolute Gasteiger partial charge is 0.480 e. The molecule has 3 atom stereocenters. The van der Waals surface area contributed by atoms with Gasteiger partial charge >= 0.3 is 6.09 Å². The Labute approximate surface area is 540 Å². The van der Waals surface area contributed by atoms with Crippen LogP contribution in [0.25, 0.3) is 33.2 Å². The van der Waals surface area contributed by atoms with Gasteiger partial charge in [0.05, 0.1) is 122 Å². The Kier molecular flexibility index (Phi) is 31.9. The Balaban J connectivity index is 0.896. The van der Waals surface area contributed by atoms with Gasteiger partial charge in [0.15, 0.2) is 0 Å². The molecule has 7 N–H and O–H groups in total. The van der Waals surface area contributed by atoms with Crippen LogP contribution in [0.2, 0.25) is 0 Å². The molecule has 1 fully saturated rings. The third-order valence-electron chi connectivity index (χ3n) is 13.7. The number of methoxy groups -OCH3 is 1. The fourth-order valence-electron chi connectivity index (χ4n) is 8.85. The summed E-state index contributed by atoms with van der Waals surface area (Å²) in [5.41, 5.74) is 11.6. The first kappa shape index (κ1) is 73.2. The van der Waals surface area contributed by atoms with E-state index in [0.29, 0.717) is 82.5 Å². The number of halogens is 2. The Morgan fingerprint density at radius 1 is 0.728 bits per heavy atom. The molecule has 0 radical (unpaired) electrons. The van der Waals surface area contributed by atoms with Crippen molar-refractivity contribution in [3.05, 3.63) is 96.3 Å². The smallest absolute Gasteiger partial charge is 0.407 e. The number of alkyl carbamates (subject to hydrolysis) is 1. The molecule has 0 bridgehead atoms. The van der Waals surface area contributed by atoms with Crippen molar-refractivity contribution in [1.82, 2.24) is 51.4 Å². The lowest BCUT2D eigenvalue weighted by Gasteiger charge is -2.23. The van der Waals surface area contributed by atoms with Gasteiger partial charge in [-0.25, -0.2) is 18.6 Å². The zero-order valence-corrected chi connectivity index (χ0v) is 53.4. The average Bonchev–Trinajstić information content (AvgIpc) is 1.01. The number of rotatable bonds is 42. The van der Waals surface area contributed by atoms with E-state index in [1.54, 1.807) is 36.8 Å². The molecule has 1 saturated heterocycles. The van der Waals surface area contributed by atoms with Crippen LogP contribution in [0.15, 0.2) is 79.4 Å². The lowest BCUT2D eigenvalue weighted by molar-refractivity contribution is -0.134. The van der Waals surface area contributed by atoms with Crippen molar-refractivity contribution in [2.75, 3.05) is 123 Å². The van der Waals surface area contributed by atoms with Crippen LogP contribution in [0.3, 0.4) is 0 Å². The molecule has 498 valence electrons. The van der Waals surface area contributed by atoms with Gasteiger partial charge in [-0.15, -0.1) is 0 Å². The van der Waals surface area contributed by atoms with E-state index in [4.69, 9.17) is 43.6 Å². The minimum absolute atomic E-state index is 0.0651. The van der Waals surface area contributed by atoms with Crippen molar-refractivity contribution in [3.8, 4) is 34.2 Å². The number of hydrogen-bond acceptors (Lipinski definition) is 22. The number of benzene rings is 1. The Hall–Kier alpha value is -7.89. The van der Waals surface area contributed by atoms with Crippen molar-refractivity contribution in [2.24, 2.45) is 0 Å². The summed E-state index contributed by atoms with van der Waals surface area (Å²) >= 11 is 0. The Morgan fingerprint density at radius 2 is 1.39 bits per heavy atom. The van der Waals surface area contributed by atoms with Crippen LogP contribution >= 0.6 is 21.6 Å². The highest BCUT2D eigenvalue weighted by Gasteiger charge is 2.48. The highest BCUT2D eigenvalue weighted by atomic mass is 33.1. The molecule has 5 heterocycles. The molecular formula is C62H80F2N12O14S2. The van der Waals surface area contributed by atoms with E-state index >= 15 is 0 Å². The van der Waals surface area contributed by atoms with E-state index in [-0.39, 0.29) is 69.3 Å². The van der Waals surface area contributed by atoms with E-state index in [2.05, 4.69) is 53.4 Å². The SMILES string of the molecule is CCCCOCCOCCOCCOCCOCCOCCNC(=O)C(CSSCCNC(=O)OCc1ccc(-c2ccnc3ccc(-c4cnc(OC)c(N)c4)cc23)cn1)NC(=O)CCC(=O)NCc1cc(C(=O)NC(C)C(=O)N2CC(F)(F)C[C@H]2C#N)ccn1. The molecule has 26 nitrogen and oxygen atoms in total. The number of amides is 6. The number of nitrogens with zero attached hydrogens (tertiary/aromatic N) is 6. The number of alkyl halides is 2. The van der Waals surface area contributed by atoms with Crippen LogP contribution in [0.5, 0.6) is 5.88 Å². The van der Waals surface area contributed by atoms with Crippen LogP contribution in [0.1, 0.15) is 67.7 Å². The Bertz CT molecular complexity index is 3210. The molecule has 4 aromatic heterocycles. The molecule has 5 aromatic rings. The summed E-state index contributed by atoms with van der Waals surface area (Å²) in [5.74, 6) is -5.50. The minimum atomic E-state index is -3.22. The van der Waals surface area contributed by atoms with Gasteiger partial charge in [-0.05, 0) is 66.9 Å². The van der Waals surface area contributed by atoms with Gasteiger partial charge in [-0.1, -0.05) is 47.1 Å². The van der Waals surface area contributed by atoms with Gasteiger partial charge in [0.25, 0.3) is 11.8 Å². The van der Waals surface area contributed by atoms with Crippen molar-refractivity contribution < 1.29 is 75.4 Å². The molecule has 0 aliphatic carbocycles. The Morgan fingerprint density at radius 3 is 2.05 bits per heavy atom. The van der Waals surface area contributed by atoms with Gasteiger partial charge in [-0.3, -0.25) is 38.9 Å². The number of anilines is 1. The molecule has 6 rings (SSSR count). The summed E-state index contributed by atoms with van der Waals surface area (Å²) in [6, 6.07) is 14.1. The molecule has 0 saturated carbocycles. The van der Waals surface area contributed by atoms with Gasteiger partial charge < -0.3 is 75.1 Å². The number of nitrogens with one attached hydrogen (secondary N) is 5. The predicted molar refractivity (Wildman–Crippen MR) is 340 cm³/mol. The molecule has 1 aliphatic heterocycles. The molecule has 92 heavy (non-hydrogen) atoms. The van der Waals surface area contributed by atoms with Crippen molar-refractivity contribution in [2.45, 2.75) is 83.2 Å². The molecule has 30 heteroatoms. The summed E-state index contributed by atoms with van der Waals surface area (Å²) in [4.78, 5) is 96.5. The van der Waals surface area contributed by atoms with E-state index < -0.39 is 72.6 Å². The summed E-state index contributed by atoms with van der Waals surface area (Å²) in [6.45, 7) is 7.68. The molecule has 0 spiro atoms. The summed E-state index contributed by atoms with van der Waals surface area (Å²) in [7, 11) is 4.14. The molecule has 1 aromatic carbocycles. The standard InChI is InChI=1S/C62H80F2N12O14S2/c1-4-5-18-84-20-22-86-24-26-88-28-29-89-27-25-87-23-21-85-19-16-69-58(80)54(75-56(78)11-10-55(77)72-38-48-31-44(12-14-67-48)57(79)74-42(2)60(81)76-41-62(63,64)34-49(76)35-65)40-92-91-30-17-70-61(82)90-39-47-8-6-45(36-71-47)50-13-15-68-53-9-7-43(32-51(50)53)46-33-52(66)59(83-3)73-37-46/h6-9,12-15,31-33,36-37,42,49,54H,4-5,10-11,16-30,34,38-41,66H2,1-3H3,(H,69,80)(H,70,82)(H,72,77)(H,74,79)(H,75,78)/t42?,49-,54?/m0/s1. The maximum atomic E-state index is 14.0. The van der Waals surface area contributed by atoms with Crippen LogP contribution in [0, 0.1) is 11.3 Å². The first-order valence-corrected chi connectivity index (χ1v) is 32.5. The fraction of sp³-hybridized carbons (Fsp3) is 0.500. The number of nitriles is 1. The van der Waals surface area contributed by atoms with Gasteiger partial charge in [0.2, 0.25) is 29.5 Å². The van der Waals surface area contributed by atoms with Crippen LogP contribution < -0.4 is 37.1 Å². The topological polar surface area (TPSA) is 341 Å². The molecule has 6 amide bonds. The van der Waals surface area contributed by atoms with E-state index in [1.165, 1.54) is 54.0 Å². The number of carbonyl (C=O) groups excluding carboxylic acids is 6. The number of likely N-dealkylation sites (tertiary alicyclic amines) is 1. The highest BCUT2D eigenvalue weighted by Crippen LogP contribution is 2.34. The number of aromatic nitrogens is 4. The first-order chi connectivity index (χ1) is 44.6. The first-order valence-electron chi connectivity index (χ1n) is 30.0. The van der Waals surface area contributed by atoms with E-state index in [9.17, 15) is 42.8 Å². The number of pyridine rings is 4. The van der Waals surface area contributed by atoms with Crippen molar-refractivity contribution in [1.29, 1.82) is 5.26 Å². The third kappa shape index (κ3) is 25.7. The van der Waals surface area contributed by atoms with E-state index in [1.807, 2.05) is 30.3 Å². The zero-order valence-electron chi connectivity index (χ0n) is 51.8. The lowest BCUT2D eigenvalue weighted by atomic mass is 9.98. The highest BCUT2D eigenvalue weighted by molar-refractivity contribution is 8.76. The number of nitrogens with two attached hydrogens (primary N) is 1. The zero-order chi connectivity index (χ0) is 65.9.